The van der Waals surface area contributed by atoms with Gasteiger partial charge in [-0.2, -0.15) is 0 Å². The third kappa shape index (κ3) is 5.51. The molecule has 0 unspecified atom stereocenters. The maximum absolute atomic E-state index is 12.7. The molecule has 1 N–H and O–H groups in total. The van der Waals surface area contributed by atoms with Crippen LogP contribution < -0.4 is 9.46 Å². The van der Waals surface area contributed by atoms with E-state index in [1.807, 2.05) is 30.3 Å². The minimum absolute atomic E-state index is 0.103. The molecule has 0 radical (unpaired) electrons. The number of carbonyl (C=O) groups excluding carboxylic acids is 1. The van der Waals surface area contributed by atoms with Crippen LogP contribution in [0.2, 0.25) is 0 Å². The van der Waals surface area contributed by atoms with E-state index in [0.717, 1.165) is 25.5 Å². The molecule has 6 nitrogen and oxygen atoms in total. The molecule has 23 heavy (non-hydrogen) atoms. The van der Waals surface area contributed by atoms with Gasteiger partial charge in [0.15, 0.2) is 6.10 Å². The summed E-state index contributed by atoms with van der Waals surface area (Å²) in [5, 5.41) is 0. The number of hydrogen-bond donors (Lipinski definition) is 1. The average molecular weight is 340 g/mol. The van der Waals surface area contributed by atoms with Crippen molar-refractivity contribution in [2.75, 3.05) is 19.3 Å². The van der Waals surface area contributed by atoms with Crippen molar-refractivity contribution in [2.45, 2.75) is 38.3 Å². The van der Waals surface area contributed by atoms with Gasteiger partial charge in [0, 0.05) is 19.1 Å². The second kappa shape index (κ2) is 7.79. The molecule has 0 aliphatic carbocycles. The summed E-state index contributed by atoms with van der Waals surface area (Å²) < 4.78 is 30.8. The number of carbonyl (C=O) groups is 1. The third-order valence-corrected chi connectivity index (χ3v) is 4.59. The summed E-state index contributed by atoms with van der Waals surface area (Å²) in [4.78, 5) is 14.4. The Morgan fingerprint density at radius 1 is 1.35 bits per heavy atom. The molecular weight excluding hydrogens is 316 g/mol. The SMILES string of the molecule is C[C@H](Oc1ccccc1)C(=O)N1CCCC[C@H]1CNS(C)(=O)=O. The van der Waals surface area contributed by atoms with E-state index in [-0.39, 0.29) is 18.5 Å². The van der Waals surface area contributed by atoms with E-state index in [9.17, 15) is 13.2 Å². The van der Waals surface area contributed by atoms with Crippen molar-refractivity contribution >= 4 is 15.9 Å². The standard InChI is InChI=1S/C16H24N2O4S/c1-13(22-15-9-4-3-5-10-15)16(19)18-11-7-6-8-14(18)12-17-23(2,20)21/h3-5,9-10,13-14,17H,6-8,11-12H2,1-2H3/t13-,14-/m0/s1. The number of ether oxygens (including phenoxy) is 1. The second-order valence-electron chi connectivity index (χ2n) is 5.87. The Labute approximate surface area is 137 Å². The molecule has 0 bridgehead atoms. The molecule has 0 aromatic heterocycles. The summed E-state index contributed by atoms with van der Waals surface area (Å²) in [6, 6.07) is 9.09. The van der Waals surface area contributed by atoms with Gasteiger partial charge in [-0.3, -0.25) is 4.79 Å². The zero-order valence-electron chi connectivity index (χ0n) is 13.6. The Morgan fingerprint density at radius 2 is 2.04 bits per heavy atom. The van der Waals surface area contributed by atoms with Gasteiger partial charge in [0.2, 0.25) is 10.0 Å². The summed E-state index contributed by atoms with van der Waals surface area (Å²) >= 11 is 0. The normalized spacial score (nSPS) is 20.1. The Balaban J connectivity index is 1.99. The number of sulfonamides is 1. The molecule has 1 saturated heterocycles. The Bertz CT molecular complexity index is 618. The molecule has 0 spiro atoms. The molecule has 1 fully saturated rings. The fraction of sp³-hybridized carbons (Fsp3) is 0.562. The molecule has 2 atom stereocenters. The van der Waals surface area contributed by atoms with Gasteiger partial charge < -0.3 is 9.64 Å². The summed E-state index contributed by atoms with van der Waals surface area (Å²) in [5.41, 5.74) is 0. The number of rotatable bonds is 6. The molecule has 1 aromatic rings. The Kier molecular flexibility index (Phi) is 6.01. The van der Waals surface area contributed by atoms with Crippen LogP contribution in [0.25, 0.3) is 0 Å². The molecule has 1 aliphatic rings. The van der Waals surface area contributed by atoms with E-state index in [0.29, 0.717) is 12.3 Å². The predicted molar refractivity (Wildman–Crippen MR) is 88.7 cm³/mol. The maximum atomic E-state index is 12.7. The van der Waals surface area contributed by atoms with E-state index < -0.39 is 16.1 Å². The van der Waals surface area contributed by atoms with E-state index in [4.69, 9.17) is 4.74 Å². The van der Waals surface area contributed by atoms with Crippen LogP contribution in [0.4, 0.5) is 0 Å². The number of benzene rings is 1. The smallest absolute Gasteiger partial charge is 0.263 e. The highest BCUT2D eigenvalue weighted by atomic mass is 32.2. The average Bonchev–Trinajstić information content (AvgIpc) is 2.53. The highest BCUT2D eigenvalue weighted by Crippen LogP contribution is 2.19. The van der Waals surface area contributed by atoms with Crippen molar-refractivity contribution in [3.63, 3.8) is 0 Å². The topological polar surface area (TPSA) is 75.7 Å². The van der Waals surface area contributed by atoms with Gasteiger partial charge in [-0.25, -0.2) is 13.1 Å². The number of piperidine rings is 1. The summed E-state index contributed by atoms with van der Waals surface area (Å²) in [6.07, 6.45) is 3.25. The first kappa shape index (κ1) is 17.7. The number of nitrogens with zero attached hydrogens (tertiary/aromatic N) is 1. The molecule has 2 rings (SSSR count). The van der Waals surface area contributed by atoms with E-state index in [1.54, 1.807) is 11.8 Å². The largest absolute Gasteiger partial charge is 0.481 e. The lowest BCUT2D eigenvalue weighted by Gasteiger charge is -2.37. The quantitative estimate of drug-likeness (QED) is 0.849. The van der Waals surface area contributed by atoms with Crippen LogP contribution in [0, 0.1) is 0 Å². The van der Waals surface area contributed by atoms with Crippen LogP contribution >= 0.6 is 0 Å². The number of amides is 1. The van der Waals surface area contributed by atoms with E-state index in [2.05, 4.69) is 4.72 Å². The van der Waals surface area contributed by atoms with Crippen molar-refractivity contribution in [3.8, 4) is 5.75 Å². The van der Waals surface area contributed by atoms with Crippen LogP contribution in [-0.4, -0.2) is 50.7 Å². The van der Waals surface area contributed by atoms with Crippen LogP contribution in [0.1, 0.15) is 26.2 Å². The maximum Gasteiger partial charge on any atom is 0.263 e. The first-order valence-corrected chi connectivity index (χ1v) is 9.73. The minimum atomic E-state index is -3.26. The molecule has 1 aliphatic heterocycles. The van der Waals surface area contributed by atoms with Crippen molar-refractivity contribution in [1.29, 1.82) is 0 Å². The fourth-order valence-corrected chi connectivity index (χ4v) is 3.23. The second-order valence-corrected chi connectivity index (χ2v) is 7.71. The van der Waals surface area contributed by atoms with Gasteiger partial charge >= 0.3 is 0 Å². The summed E-state index contributed by atoms with van der Waals surface area (Å²) in [6.45, 7) is 2.62. The van der Waals surface area contributed by atoms with Gasteiger partial charge in [0.1, 0.15) is 5.75 Å². The molecule has 7 heteroatoms. The van der Waals surface area contributed by atoms with Crippen molar-refractivity contribution in [1.82, 2.24) is 9.62 Å². The van der Waals surface area contributed by atoms with Crippen LogP contribution in [0.5, 0.6) is 5.75 Å². The molecule has 128 valence electrons. The predicted octanol–water partition coefficient (Wildman–Crippen LogP) is 1.38. The number of nitrogens with one attached hydrogen (secondary N) is 1. The lowest BCUT2D eigenvalue weighted by Crippen LogP contribution is -2.52. The summed E-state index contributed by atoms with van der Waals surface area (Å²) in [7, 11) is -3.26. The Hall–Kier alpha value is -1.60. The van der Waals surface area contributed by atoms with Gasteiger partial charge in [-0.15, -0.1) is 0 Å². The fourth-order valence-electron chi connectivity index (χ4n) is 2.74. The first-order valence-electron chi connectivity index (χ1n) is 7.83. The molecule has 1 heterocycles. The van der Waals surface area contributed by atoms with Gasteiger partial charge in [-0.1, -0.05) is 18.2 Å². The van der Waals surface area contributed by atoms with E-state index in [1.165, 1.54) is 0 Å². The van der Waals surface area contributed by atoms with Crippen molar-refractivity contribution < 1.29 is 17.9 Å². The molecule has 1 amide bonds. The molecule has 1 aromatic carbocycles. The van der Waals surface area contributed by atoms with Crippen LogP contribution in [-0.2, 0) is 14.8 Å². The van der Waals surface area contributed by atoms with Gasteiger partial charge in [-0.05, 0) is 38.3 Å². The zero-order chi connectivity index (χ0) is 16.9. The highest BCUT2D eigenvalue weighted by Gasteiger charge is 2.30. The van der Waals surface area contributed by atoms with Gasteiger partial charge in [0.05, 0.1) is 6.26 Å². The number of para-hydroxylation sites is 1. The first-order chi connectivity index (χ1) is 10.9. The van der Waals surface area contributed by atoms with Gasteiger partial charge in [0.25, 0.3) is 5.91 Å². The monoisotopic (exact) mass is 340 g/mol. The minimum Gasteiger partial charge on any atom is -0.481 e. The summed E-state index contributed by atoms with van der Waals surface area (Å²) in [5.74, 6) is 0.546. The number of hydrogen-bond acceptors (Lipinski definition) is 4. The van der Waals surface area contributed by atoms with Crippen LogP contribution in [0.3, 0.4) is 0 Å². The van der Waals surface area contributed by atoms with Crippen LogP contribution in [0.15, 0.2) is 30.3 Å². The lowest BCUT2D eigenvalue weighted by atomic mass is 10.0. The molecule has 0 saturated carbocycles. The lowest BCUT2D eigenvalue weighted by molar-refractivity contribution is -0.141. The van der Waals surface area contributed by atoms with Crippen molar-refractivity contribution in [2.24, 2.45) is 0 Å². The van der Waals surface area contributed by atoms with Crippen molar-refractivity contribution in [3.05, 3.63) is 30.3 Å². The Morgan fingerprint density at radius 3 is 2.70 bits per heavy atom. The zero-order valence-corrected chi connectivity index (χ0v) is 14.4. The molecular formula is C16H24N2O4S. The number of likely N-dealkylation sites (tertiary alicyclic amines) is 1. The van der Waals surface area contributed by atoms with E-state index >= 15 is 0 Å². The third-order valence-electron chi connectivity index (χ3n) is 3.90. The highest BCUT2D eigenvalue weighted by molar-refractivity contribution is 7.88.